The molecule has 0 radical (unpaired) electrons. The van der Waals surface area contributed by atoms with Gasteiger partial charge in [0.1, 0.15) is 0 Å². The third-order valence-electron chi connectivity index (χ3n) is 4.84. The molecule has 1 fully saturated rings. The minimum absolute atomic E-state index is 0.0791. The molecule has 0 unspecified atom stereocenters. The van der Waals surface area contributed by atoms with E-state index < -0.39 is 10.0 Å². The Bertz CT molecular complexity index is 830. The Morgan fingerprint density at radius 3 is 2.00 bits per heavy atom. The van der Waals surface area contributed by atoms with Crippen LogP contribution in [0.5, 0.6) is 0 Å². The Hall–Kier alpha value is -2.18. The van der Waals surface area contributed by atoms with Gasteiger partial charge in [0.15, 0.2) is 0 Å². The summed E-state index contributed by atoms with van der Waals surface area (Å²) in [5.41, 5.74) is 1.01. The van der Waals surface area contributed by atoms with E-state index in [4.69, 9.17) is 0 Å². The Morgan fingerprint density at radius 1 is 0.923 bits per heavy atom. The smallest absolute Gasteiger partial charge is 0.243 e. The van der Waals surface area contributed by atoms with E-state index in [1.807, 2.05) is 37.3 Å². The van der Waals surface area contributed by atoms with Crippen LogP contribution in [-0.4, -0.2) is 49.7 Å². The van der Waals surface area contributed by atoms with E-state index in [0.717, 1.165) is 12.0 Å². The topological polar surface area (TPSA) is 57.7 Å². The van der Waals surface area contributed by atoms with Crippen LogP contribution in [0.15, 0.2) is 65.6 Å². The number of hydrogen-bond donors (Lipinski definition) is 0. The van der Waals surface area contributed by atoms with Gasteiger partial charge in [-0.25, -0.2) is 8.42 Å². The molecule has 2 aromatic carbocycles. The van der Waals surface area contributed by atoms with Crippen LogP contribution in [0.2, 0.25) is 0 Å². The monoisotopic (exact) mass is 372 g/mol. The SMILES string of the molecule is CC[C@@H](C(=O)N1CCN(S(=O)(=O)c2ccccc2)CC1)c1ccccc1. The normalized spacial score (nSPS) is 17.0. The zero-order chi connectivity index (χ0) is 18.6. The molecule has 0 aromatic heterocycles. The molecule has 138 valence electrons. The number of amides is 1. The number of piperazine rings is 1. The third kappa shape index (κ3) is 3.81. The van der Waals surface area contributed by atoms with Gasteiger partial charge in [0.25, 0.3) is 0 Å². The van der Waals surface area contributed by atoms with Gasteiger partial charge < -0.3 is 4.90 Å². The standard InChI is InChI=1S/C20H24N2O3S/c1-2-19(17-9-5-3-6-10-17)20(23)21-13-15-22(16-14-21)26(24,25)18-11-7-4-8-12-18/h3-12,19H,2,13-16H2,1H3/t19-/m1/s1. The number of carbonyl (C=O) groups is 1. The van der Waals surface area contributed by atoms with E-state index in [0.29, 0.717) is 31.1 Å². The van der Waals surface area contributed by atoms with Crippen LogP contribution in [-0.2, 0) is 14.8 Å². The maximum Gasteiger partial charge on any atom is 0.243 e. The summed E-state index contributed by atoms with van der Waals surface area (Å²) in [6.07, 6.45) is 0.728. The lowest BCUT2D eigenvalue weighted by Crippen LogP contribution is -2.51. The van der Waals surface area contributed by atoms with E-state index in [2.05, 4.69) is 0 Å². The van der Waals surface area contributed by atoms with Gasteiger partial charge in [-0.15, -0.1) is 0 Å². The molecule has 1 aliphatic rings. The van der Waals surface area contributed by atoms with Gasteiger partial charge in [0.2, 0.25) is 15.9 Å². The molecular formula is C20H24N2O3S. The summed E-state index contributed by atoms with van der Waals surface area (Å²) in [6.45, 7) is 3.51. The molecule has 1 saturated heterocycles. The first kappa shape index (κ1) is 18.6. The molecule has 0 bridgehead atoms. The van der Waals surface area contributed by atoms with E-state index in [-0.39, 0.29) is 11.8 Å². The molecule has 5 nitrogen and oxygen atoms in total. The van der Waals surface area contributed by atoms with Crippen LogP contribution in [0.4, 0.5) is 0 Å². The predicted molar refractivity (Wildman–Crippen MR) is 101 cm³/mol. The van der Waals surface area contributed by atoms with Crippen molar-refractivity contribution in [3.63, 3.8) is 0 Å². The highest BCUT2D eigenvalue weighted by Gasteiger charge is 2.32. The number of rotatable bonds is 5. The van der Waals surface area contributed by atoms with Gasteiger partial charge in [0, 0.05) is 26.2 Å². The fourth-order valence-corrected chi connectivity index (χ4v) is 4.79. The van der Waals surface area contributed by atoms with Gasteiger partial charge in [0.05, 0.1) is 10.8 Å². The van der Waals surface area contributed by atoms with Crippen molar-refractivity contribution in [2.45, 2.75) is 24.2 Å². The first-order valence-electron chi connectivity index (χ1n) is 8.93. The molecule has 6 heteroatoms. The highest BCUT2D eigenvalue weighted by atomic mass is 32.2. The number of hydrogen-bond acceptors (Lipinski definition) is 3. The Labute approximate surface area is 155 Å². The van der Waals surface area contributed by atoms with Crippen molar-refractivity contribution < 1.29 is 13.2 Å². The van der Waals surface area contributed by atoms with Crippen LogP contribution >= 0.6 is 0 Å². The second-order valence-corrected chi connectivity index (χ2v) is 8.35. The predicted octanol–water partition coefficient (Wildman–Crippen LogP) is 2.71. The molecule has 0 aliphatic carbocycles. The highest BCUT2D eigenvalue weighted by molar-refractivity contribution is 7.89. The van der Waals surface area contributed by atoms with Crippen LogP contribution in [0.3, 0.4) is 0 Å². The largest absolute Gasteiger partial charge is 0.340 e. The second kappa shape index (κ2) is 8.01. The molecule has 1 atom stereocenters. The van der Waals surface area contributed by atoms with Crippen molar-refractivity contribution in [3.8, 4) is 0 Å². The molecule has 1 heterocycles. The fourth-order valence-electron chi connectivity index (χ4n) is 3.35. The van der Waals surface area contributed by atoms with Crippen molar-refractivity contribution in [3.05, 3.63) is 66.2 Å². The van der Waals surface area contributed by atoms with Crippen molar-refractivity contribution in [1.29, 1.82) is 0 Å². The van der Waals surface area contributed by atoms with Crippen LogP contribution < -0.4 is 0 Å². The van der Waals surface area contributed by atoms with Gasteiger partial charge in [-0.3, -0.25) is 4.79 Å². The summed E-state index contributed by atoms with van der Waals surface area (Å²) in [5.74, 6) is -0.0936. The molecule has 26 heavy (non-hydrogen) atoms. The molecule has 2 aromatic rings. The maximum absolute atomic E-state index is 12.9. The van der Waals surface area contributed by atoms with Crippen molar-refractivity contribution in [1.82, 2.24) is 9.21 Å². The first-order valence-corrected chi connectivity index (χ1v) is 10.4. The molecule has 1 amide bonds. The summed E-state index contributed by atoms with van der Waals surface area (Å²) < 4.78 is 26.9. The van der Waals surface area contributed by atoms with Crippen LogP contribution in [0.25, 0.3) is 0 Å². The van der Waals surface area contributed by atoms with E-state index in [1.165, 1.54) is 4.31 Å². The van der Waals surface area contributed by atoms with Crippen LogP contribution in [0, 0.1) is 0 Å². The average molecular weight is 372 g/mol. The fraction of sp³-hybridized carbons (Fsp3) is 0.350. The molecule has 1 aliphatic heterocycles. The zero-order valence-corrected chi connectivity index (χ0v) is 15.7. The highest BCUT2D eigenvalue weighted by Crippen LogP contribution is 2.24. The molecule has 0 saturated carbocycles. The van der Waals surface area contributed by atoms with Crippen molar-refractivity contribution in [2.75, 3.05) is 26.2 Å². The molecule has 3 rings (SSSR count). The maximum atomic E-state index is 12.9. The molecule has 0 spiro atoms. The number of sulfonamides is 1. The lowest BCUT2D eigenvalue weighted by atomic mass is 9.95. The quantitative estimate of drug-likeness (QED) is 0.811. The first-order chi connectivity index (χ1) is 12.5. The van der Waals surface area contributed by atoms with Crippen LogP contribution in [0.1, 0.15) is 24.8 Å². The summed E-state index contributed by atoms with van der Waals surface area (Å²) >= 11 is 0. The van der Waals surface area contributed by atoms with Crippen molar-refractivity contribution >= 4 is 15.9 Å². The number of carbonyl (C=O) groups excluding carboxylic acids is 1. The molecule has 0 N–H and O–H groups in total. The Morgan fingerprint density at radius 2 is 1.46 bits per heavy atom. The number of nitrogens with zero attached hydrogens (tertiary/aromatic N) is 2. The average Bonchev–Trinajstić information content (AvgIpc) is 2.70. The van der Waals surface area contributed by atoms with Gasteiger partial charge in [-0.05, 0) is 24.1 Å². The summed E-state index contributed by atoms with van der Waals surface area (Å²) in [4.78, 5) is 15.0. The lowest BCUT2D eigenvalue weighted by Gasteiger charge is -2.35. The third-order valence-corrected chi connectivity index (χ3v) is 6.75. The van der Waals surface area contributed by atoms with E-state index in [9.17, 15) is 13.2 Å². The Balaban J connectivity index is 1.67. The van der Waals surface area contributed by atoms with Gasteiger partial charge >= 0.3 is 0 Å². The zero-order valence-electron chi connectivity index (χ0n) is 14.9. The van der Waals surface area contributed by atoms with Gasteiger partial charge in [-0.1, -0.05) is 55.5 Å². The second-order valence-electron chi connectivity index (χ2n) is 6.41. The summed E-state index contributed by atoms with van der Waals surface area (Å²) in [7, 11) is -3.49. The summed E-state index contributed by atoms with van der Waals surface area (Å²) in [5, 5.41) is 0. The van der Waals surface area contributed by atoms with Crippen molar-refractivity contribution in [2.24, 2.45) is 0 Å². The molecular weight excluding hydrogens is 348 g/mol. The summed E-state index contributed by atoms with van der Waals surface area (Å²) in [6, 6.07) is 18.2. The van der Waals surface area contributed by atoms with Gasteiger partial charge in [-0.2, -0.15) is 4.31 Å². The minimum atomic E-state index is -3.49. The van der Waals surface area contributed by atoms with E-state index in [1.54, 1.807) is 35.2 Å². The van der Waals surface area contributed by atoms with E-state index >= 15 is 0 Å². The number of benzene rings is 2. The minimum Gasteiger partial charge on any atom is -0.340 e. The lowest BCUT2D eigenvalue weighted by molar-refractivity contribution is -0.134. The Kier molecular flexibility index (Phi) is 5.74.